The smallest absolute Gasteiger partial charge is 0.319 e. The van der Waals surface area contributed by atoms with Crippen LogP contribution in [-0.2, 0) is 11.2 Å². The first kappa shape index (κ1) is 36.7. The Hall–Kier alpha value is -4.15. The average Bonchev–Trinajstić information content (AvgIpc) is 3.09. The molecule has 3 aromatic carbocycles. The number of nitrogens with one attached hydrogen (secondary N) is 3. The van der Waals surface area contributed by atoms with Crippen LogP contribution in [0.2, 0.25) is 0 Å². The third-order valence-electron chi connectivity index (χ3n) is 8.85. The van der Waals surface area contributed by atoms with Gasteiger partial charge in [0.15, 0.2) is 17.3 Å². The molecule has 1 saturated heterocycles. The molecule has 1 aliphatic heterocycles. The van der Waals surface area contributed by atoms with Crippen molar-refractivity contribution in [1.29, 1.82) is 0 Å². The summed E-state index contributed by atoms with van der Waals surface area (Å²) in [6.45, 7) is 12.3. The zero-order valence-corrected chi connectivity index (χ0v) is 29.0. The highest BCUT2D eigenvalue weighted by atomic mass is 19.1. The number of carbonyl (C=O) groups is 2. The number of hydrogen-bond donors (Lipinski definition) is 3. The summed E-state index contributed by atoms with van der Waals surface area (Å²) in [5.41, 5.74) is 3.36. The SMILES string of the molecule is CCCCN1CCC(OCCc2ccc(C(=O)Nc3ccc(Oc4cc(F)c(NC(=O)NC(CC)CC)cc4OC)cc3)cc2C)CC1. The van der Waals surface area contributed by atoms with E-state index < -0.39 is 11.8 Å². The van der Waals surface area contributed by atoms with Crippen LogP contribution in [0.4, 0.5) is 20.6 Å². The molecule has 1 aliphatic rings. The minimum atomic E-state index is -0.665. The van der Waals surface area contributed by atoms with Crippen molar-refractivity contribution in [2.24, 2.45) is 0 Å². The second-order valence-electron chi connectivity index (χ2n) is 12.3. The number of likely N-dealkylation sites (tertiary alicyclic amines) is 1. The van der Waals surface area contributed by atoms with E-state index in [0.717, 1.165) is 56.8 Å². The van der Waals surface area contributed by atoms with Crippen LogP contribution < -0.4 is 25.4 Å². The molecule has 3 N–H and O–H groups in total. The molecule has 260 valence electrons. The van der Waals surface area contributed by atoms with Gasteiger partial charge in [0.1, 0.15) is 5.75 Å². The monoisotopic (exact) mass is 662 g/mol. The van der Waals surface area contributed by atoms with Crippen molar-refractivity contribution in [3.63, 3.8) is 0 Å². The van der Waals surface area contributed by atoms with Gasteiger partial charge in [-0.1, -0.05) is 33.3 Å². The molecule has 1 fully saturated rings. The number of aryl methyl sites for hydroxylation is 1. The first-order valence-electron chi connectivity index (χ1n) is 17.2. The fraction of sp³-hybridized carbons (Fsp3) is 0.474. The summed E-state index contributed by atoms with van der Waals surface area (Å²) >= 11 is 0. The number of methoxy groups -OCH3 is 1. The lowest BCUT2D eigenvalue weighted by Gasteiger charge is -2.31. The van der Waals surface area contributed by atoms with Gasteiger partial charge in [0.2, 0.25) is 0 Å². The Balaban J connectivity index is 1.27. The minimum Gasteiger partial charge on any atom is -0.493 e. The van der Waals surface area contributed by atoms with E-state index >= 15 is 0 Å². The molecule has 3 aromatic rings. The maximum absolute atomic E-state index is 14.9. The first-order chi connectivity index (χ1) is 23.2. The Bertz CT molecular complexity index is 1490. The molecule has 0 aromatic heterocycles. The van der Waals surface area contributed by atoms with E-state index in [1.807, 2.05) is 39.0 Å². The minimum absolute atomic E-state index is 0.00123. The highest BCUT2D eigenvalue weighted by Gasteiger charge is 2.20. The van der Waals surface area contributed by atoms with Crippen LogP contribution in [0.3, 0.4) is 0 Å². The van der Waals surface area contributed by atoms with E-state index in [4.69, 9.17) is 14.2 Å². The number of piperidine rings is 1. The number of carbonyl (C=O) groups excluding carboxylic acids is 2. The Kier molecular flexibility index (Phi) is 14.1. The van der Waals surface area contributed by atoms with Crippen LogP contribution in [0.1, 0.15) is 80.8 Å². The van der Waals surface area contributed by atoms with E-state index in [1.54, 1.807) is 24.3 Å². The van der Waals surface area contributed by atoms with Gasteiger partial charge >= 0.3 is 6.03 Å². The molecule has 0 aliphatic carbocycles. The summed E-state index contributed by atoms with van der Waals surface area (Å²) in [6, 6.07) is 14.6. The van der Waals surface area contributed by atoms with Gasteiger partial charge in [-0.15, -0.1) is 0 Å². The molecule has 9 nitrogen and oxygen atoms in total. The predicted molar refractivity (Wildman–Crippen MR) is 189 cm³/mol. The second-order valence-corrected chi connectivity index (χ2v) is 12.3. The summed E-state index contributed by atoms with van der Waals surface area (Å²) in [6.07, 6.45) is 7.36. The summed E-state index contributed by atoms with van der Waals surface area (Å²) in [5, 5.41) is 8.28. The highest BCUT2D eigenvalue weighted by Crippen LogP contribution is 2.36. The van der Waals surface area contributed by atoms with E-state index in [-0.39, 0.29) is 29.1 Å². The number of halogens is 1. The number of amides is 3. The first-order valence-corrected chi connectivity index (χ1v) is 17.2. The van der Waals surface area contributed by atoms with Gasteiger partial charge in [-0.3, -0.25) is 4.79 Å². The lowest BCUT2D eigenvalue weighted by atomic mass is 10.0. The Morgan fingerprint density at radius 3 is 2.33 bits per heavy atom. The number of nitrogens with zero attached hydrogens (tertiary/aromatic N) is 1. The number of ether oxygens (including phenoxy) is 3. The number of hydrogen-bond acceptors (Lipinski definition) is 6. The fourth-order valence-corrected chi connectivity index (χ4v) is 5.78. The van der Waals surface area contributed by atoms with Crippen molar-refractivity contribution in [3.05, 3.63) is 77.1 Å². The number of anilines is 2. The quantitative estimate of drug-likeness (QED) is 0.143. The van der Waals surface area contributed by atoms with E-state index in [1.165, 1.54) is 38.1 Å². The molecule has 48 heavy (non-hydrogen) atoms. The van der Waals surface area contributed by atoms with Crippen molar-refractivity contribution in [2.45, 2.75) is 84.8 Å². The number of urea groups is 1. The molecule has 0 bridgehead atoms. The van der Waals surface area contributed by atoms with Crippen LogP contribution in [0.5, 0.6) is 17.2 Å². The van der Waals surface area contributed by atoms with Crippen LogP contribution in [0.15, 0.2) is 54.6 Å². The summed E-state index contributed by atoms with van der Waals surface area (Å²) in [7, 11) is 1.44. The zero-order chi connectivity index (χ0) is 34.5. The van der Waals surface area contributed by atoms with E-state index in [2.05, 4.69) is 27.8 Å². The van der Waals surface area contributed by atoms with Crippen molar-refractivity contribution in [1.82, 2.24) is 10.2 Å². The number of unbranched alkanes of at least 4 members (excludes halogenated alkanes) is 1. The molecule has 10 heteroatoms. The highest BCUT2D eigenvalue weighted by molar-refractivity contribution is 6.04. The summed E-state index contributed by atoms with van der Waals surface area (Å²) in [4.78, 5) is 27.9. The lowest BCUT2D eigenvalue weighted by Crippen LogP contribution is -2.37. The van der Waals surface area contributed by atoms with Crippen LogP contribution >= 0.6 is 0 Å². The second kappa shape index (κ2) is 18.4. The summed E-state index contributed by atoms with van der Waals surface area (Å²) < 4.78 is 32.4. The molecule has 0 radical (unpaired) electrons. The van der Waals surface area contributed by atoms with Crippen LogP contribution in [0.25, 0.3) is 0 Å². The molecule has 0 unspecified atom stereocenters. The van der Waals surface area contributed by atoms with Gasteiger partial charge < -0.3 is 35.1 Å². The maximum Gasteiger partial charge on any atom is 0.319 e. The van der Waals surface area contributed by atoms with Crippen molar-refractivity contribution >= 4 is 23.3 Å². The summed E-state index contributed by atoms with van der Waals surface area (Å²) in [5.74, 6) is -0.0694. The Labute approximate surface area is 284 Å². The molecule has 0 saturated carbocycles. The van der Waals surface area contributed by atoms with Crippen molar-refractivity contribution in [2.75, 3.05) is 44.0 Å². The lowest BCUT2D eigenvalue weighted by molar-refractivity contribution is 0.00884. The standard InChI is InChI=1S/C38H51FN4O5/c1-6-9-19-43-20-16-31(17-21-43)47-22-18-27-10-11-28(23-26(27)4)37(44)40-30-12-14-32(15-13-30)48-36-24-33(39)34(25-35(36)46-5)42-38(45)41-29(7-2)8-3/h10-15,23-25,29,31H,6-9,16-22H2,1-5H3,(H,40,44)(H2,41,42,45). The molecule has 1 heterocycles. The topological polar surface area (TPSA) is 101 Å². The van der Waals surface area contributed by atoms with Gasteiger partial charge in [0.05, 0.1) is 25.5 Å². The molecule has 0 spiro atoms. The largest absolute Gasteiger partial charge is 0.493 e. The third-order valence-corrected chi connectivity index (χ3v) is 8.85. The van der Waals surface area contributed by atoms with Gasteiger partial charge in [0, 0.05) is 42.5 Å². The van der Waals surface area contributed by atoms with E-state index in [9.17, 15) is 14.0 Å². The van der Waals surface area contributed by atoms with E-state index in [0.29, 0.717) is 29.7 Å². The Morgan fingerprint density at radius 2 is 1.69 bits per heavy atom. The molecular formula is C38H51FN4O5. The normalized spacial score (nSPS) is 13.7. The Morgan fingerprint density at radius 1 is 0.958 bits per heavy atom. The van der Waals surface area contributed by atoms with Gasteiger partial charge in [0.25, 0.3) is 5.91 Å². The fourth-order valence-electron chi connectivity index (χ4n) is 5.78. The van der Waals surface area contributed by atoms with Crippen LogP contribution in [0, 0.1) is 12.7 Å². The van der Waals surface area contributed by atoms with Gasteiger partial charge in [-0.2, -0.15) is 0 Å². The zero-order valence-electron chi connectivity index (χ0n) is 29.0. The van der Waals surface area contributed by atoms with Gasteiger partial charge in [-0.25, -0.2) is 9.18 Å². The average molecular weight is 663 g/mol. The number of benzene rings is 3. The van der Waals surface area contributed by atoms with Crippen molar-refractivity contribution in [3.8, 4) is 17.2 Å². The molecule has 0 atom stereocenters. The van der Waals surface area contributed by atoms with Crippen LogP contribution in [-0.4, -0.2) is 62.3 Å². The number of rotatable bonds is 16. The molecular weight excluding hydrogens is 611 g/mol. The maximum atomic E-state index is 14.9. The van der Waals surface area contributed by atoms with Crippen molar-refractivity contribution < 1.29 is 28.2 Å². The predicted octanol–water partition coefficient (Wildman–Crippen LogP) is 8.32. The molecule has 4 rings (SSSR count). The molecule has 3 amide bonds. The van der Waals surface area contributed by atoms with Gasteiger partial charge in [-0.05, 0) is 99.5 Å². The third kappa shape index (κ3) is 10.7.